The topological polar surface area (TPSA) is 59.6 Å². The Kier molecular flexibility index (Phi) is 7.11. The number of carbonyl (C=O) groups excluding carboxylic acids is 1. The van der Waals surface area contributed by atoms with Gasteiger partial charge in [-0.15, -0.1) is 0 Å². The lowest BCUT2D eigenvalue weighted by Gasteiger charge is -2.20. The van der Waals surface area contributed by atoms with Crippen LogP contribution in [0.15, 0.2) is 78.9 Å². The first-order chi connectivity index (χ1) is 14.2. The summed E-state index contributed by atoms with van der Waals surface area (Å²) in [4.78, 5) is 12.6. The molecule has 29 heavy (non-hydrogen) atoms. The van der Waals surface area contributed by atoms with E-state index in [0.717, 1.165) is 16.7 Å². The number of nitrogens with one attached hydrogen (secondary N) is 2. The number of hydrogen-bond donors (Lipinski definition) is 2. The molecule has 150 valence electrons. The van der Waals surface area contributed by atoms with Crippen molar-refractivity contribution in [2.45, 2.75) is 19.5 Å². The zero-order valence-electron chi connectivity index (χ0n) is 16.7. The maximum Gasteiger partial charge on any atom is 0.315 e. The summed E-state index contributed by atoms with van der Waals surface area (Å²) >= 11 is 0. The van der Waals surface area contributed by atoms with Crippen LogP contribution in [0.4, 0.5) is 4.79 Å². The average molecular weight is 390 g/mol. The van der Waals surface area contributed by atoms with Crippen molar-refractivity contribution in [1.82, 2.24) is 10.6 Å². The molecular weight excluding hydrogens is 364 g/mol. The second-order valence-corrected chi connectivity index (χ2v) is 6.50. The van der Waals surface area contributed by atoms with E-state index in [1.54, 1.807) is 7.11 Å². The van der Waals surface area contributed by atoms with E-state index in [1.807, 2.05) is 85.8 Å². The molecule has 0 radical (unpaired) electrons. The van der Waals surface area contributed by atoms with Gasteiger partial charge in [-0.25, -0.2) is 4.79 Å². The second kappa shape index (κ2) is 10.2. The van der Waals surface area contributed by atoms with Crippen molar-refractivity contribution < 1.29 is 14.3 Å². The Bertz CT molecular complexity index is 874. The zero-order chi connectivity index (χ0) is 20.5. The van der Waals surface area contributed by atoms with Gasteiger partial charge >= 0.3 is 6.03 Å². The van der Waals surface area contributed by atoms with Crippen LogP contribution in [0.25, 0.3) is 0 Å². The van der Waals surface area contributed by atoms with Crippen LogP contribution < -0.4 is 20.1 Å². The summed E-state index contributed by atoms with van der Waals surface area (Å²) in [6, 6.07) is 25.0. The van der Waals surface area contributed by atoms with E-state index in [-0.39, 0.29) is 12.1 Å². The van der Waals surface area contributed by atoms with Gasteiger partial charge in [-0.3, -0.25) is 0 Å². The Balaban J connectivity index is 1.68. The number of methoxy groups -OCH3 is 1. The summed E-state index contributed by atoms with van der Waals surface area (Å²) in [6.07, 6.45) is 0. The highest BCUT2D eigenvalue weighted by Crippen LogP contribution is 2.28. The molecule has 5 heteroatoms. The van der Waals surface area contributed by atoms with Crippen LogP contribution >= 0.6 is 0 Å². The van der Waals surface area contributed by atoms with Gasteiger partial charge in [-0.2, -0.15) is 0 Å². The maximum absolute atomic E-state index is 12.6. The van der Waals surface area contributed by atoms with Gasteiger partial charge in [0.1, 0.15) is 0 Å². The van der Waals surface area contributed by atoms with Crippen LogP contribution in [0.1, 0.15) is 29.7 Å². The van der Waals surface area contributed by atoms with Crippen LogP contribution in [-0.4, -0.2) is 19.7 Å². The number of rotatable bonds is 8. The van der Waals surface area contributed by atoms with Crippen LogP contribution in [0, 0.1) is 0 Å². The smallest absolute Gasteiger partial charge is 0.315 e. The van der Waals surface area contributed by atoms with Gasteiger partial charge in [0.05, 0.1) is 19.8 Å². The van der Waals surface area contributed by atoms with Gasteiger partial charge in [-0.05, 0) is 35.7 Å². The molecule has 0 atom stereocenters. The Labute approximate surface area is 171 Å². The Morgan fingerprint density at radius 2 is 1.52 bits per heavy atom. The second-order valence-electron chi connectivity index (χ2n) is 6.50. The number of urea groups is 1. The zero-order valence-corrected chi connectivity index (χ0v) is 16.7. The molecule has 0 unspecified atom stereocenters. The fourth-order valence-corrected chi connectivity index (χ4v) is 3.11. The minimum Gasteiger partial charge on any atom is -0.493 e. The van der Waals surface area contributed by atoms with E-state index in [9.17, 15) is 4.79 Å². The third kappa shape index (κ3) is 5.51. The Morgan fingerprint density at radius 1 is 0.897 bits per heavy atom. The highest BCUT2D eigenvalue weighted by Gasteiger charge is 2.16. The summed E-state index contributed by atoms with van der Waals surface area (Å²) in [5.74, 6) is 1.34. The number of amides is 2. The molecule has 3 aromatic carbocycles. The fourth-order valence-electron chi connectivity index (χ4n) is 3.11. The molecule has 0 bridgehead atoms. The first-order valence-corrected chi connectivity index (χ1v) is 9.65. The summed E-state index contributed by atoms with van der Waals surface area (Å²) in [7, 11) is 1.60. The molecule has 0 heterocycles. The highest BCUT2D eigenvalue weighted by molar-refractivity contribution is 5.75. The van der Waals surface area contributed by atoms with Crippen molar-refractivity contribution in [1.29, 1.82) is 0 Å². The van der Waals surface area contributed by atoms with Crippen molar-refractivity contribution in [3.8, 4) is 11.5 Å². The molecule has 0 saturated carbocycles. The highest BCUT2D eigenvalue weighted by atomic mass is 16.5. The third-order valence-corrected chi connectivity index (χ3v) is 4.52. The Hall–Kier alpha value is -3.47. The van der Waals surface area contributed by atoms with E-state index >= 15 is 0 Å². The summed E-state index contributed by atoms with van der Waals surface area (Å²) in [5, 5.41) is 6.00. The monoisotopic (exact) mass is 390 g/mol. The van der Waals surface area contributed by atoms with Crippen molar-refractivity contribution in [3.63, 3.8) is 0 Å². The minimum absolute atomic E-state index is 0.229. The van der Waals surface area contributed by atoms with E-state index < -0.39 is 0 Å². The predicted octanol–water partition coefficient (Wildman–Crippen LogP) is 4.68. The summed E-state index contributed by atoms with van der Waals surface area (Å²) < 4.78 is 10.9. The molecule has 0 fully saturated rings. The SMILES string of the molecule is CCOc1ccc(CNC(=O)NC(c2ccccc2)c2ccccc2)cc1OC. The molecule has 5 nitrogen and oxygen atoms in total. The van der Waals surface area contributed by atoms with Crippen LogP contribution in [-0.2, 0) is 6.54 Å². The first-order valence-electron chi connectivity index (χ1n) is 9.65. The molecule has 0 saturated heterocycles. The number of hydrogen-bond acceptors (Lipinski definition) is 3. The maximum atomic E-state index is 12.6. The number of benzene rings is 3. The lowest BCUT2D eigenvalue weighted by atomic mass is 9.99. The van der Waals surface area contributed by atoms with E-state index in [2.05, 4.69) is 10.6 Å². The molecular formula is C24H26N2O3. The first kappa shape index (κ1) is 20.3. The number of carbonyl (C=O) groups is 1. The molecule has 0 aromatic heterocycles. The predicted molar refractivity (Wildman–Crippen MR) is 114 cm³/mol. The molecule has 0 spiro atoms. The average Bonchev–Trinajstić information content (AvgIpc) is 2.78. The van der Waals surface area contributed by atoms with Gasteiger partial charge in [0.15, 0.2) is 11.5 Å². The summed E-state index contributed by atoms with van der Waals surface area (Å²) in [6.45, 7) is 2.87. The van der Waals surface area contributed by atoms with Crippen LogP contribution in [0.3, 0.4) is 0 Å². The van der Waals surface area contributed by atoms with Crippen molar-refractivity contribution in [3.05, 3.63) is 95.6 Å². The standard InChI is InChI=1S/C24H26N2O3/c1-3-29-21-15-14-18(16-22(21)28-2)17-25-24(27)26-23(19-10-6-4-7-11-19)20-12-8-5-9-13-20/h4-16,23H,3,17H2,1-2H3,(H2,25,26,27). The molecule has 0 aliphatic carbocycles. The molecule has 0 aliphatic rings. The lowest BCUT2D eigenvalue weighted by molar-refractivity contribution is 0.238. The minimum atomic E-state index is -0.240. The molecule has 2 N–H and O–H groups in total. The quantitative estimate of drug-likeness (QED) is 0.587. The van der Waals surface area contributed by atoms with E-state index in [0.29, 0.717) is 24.7 Å². The fraction of sp³-hybridized carbons (Fsp3) is 0.208. The Morgan fingerprint density at radius 3 is 2.07 bits per heavy atom. The molecule has 3 rings (SSSR count). The van der Waals surface area contributed by atoms with Crippen molar-refractivity contribution in [2.24, 2.45) is 0 Å². The van der Waals surface area contributed by atoms with Gasteiger partial charge < -0.3 is 20.1 Å². The summed E-state index contributed by atoms with van der Waals surface area (Å²) in [5.41, 5.74) is 2.98. The molecule has 3 aromatic rings. The number of ether oxygens (including phenoxy) is 2. The van der Waals surface area contributed by atoms with Gasteiger partial charge in [-0.1, -0.05) is 66.7 Å². The van der Waals surface area contributed by atoms with Gasteiger partial charge in [0.2, 0.25) is 0 Å². The van der Waals surface area contributed by atoms with Gasteiger partial charge in [0, 0.05) is 6.54 Å². The largest absolute Gasteiger partial charge is 0.493 e. The van der Waals surface area contributed by atoms with Crippen LogP contribution in [0.2, 0.25) is 0 Å². The lowest BCUT2D eigenvalue weighted by Crippen LogP contribution is -2.38. The van der Waals surface area contributed by atoms with Crippen molar-refractivity contribution >= 4 is 6.03 Å². The molecule has 0 aliphatic heterocycles. The van der Waals surface area contributed by atoms with Crippen LogP contribution in [0.5, 0.6) is 11.5 Å². The normalized spacial score (nSPS) is 10.4. The van der Waals surface area contributed by atoms with Gasteiger partial charge in [0.25, 0.3) is 0 Å². The van der Waals surface area contributed by atoms with Crippen molar-refractivity contribution in [2.75, 3.05) is 13.7 Å². The van der Waals surface area contributed by atoms with E-state index in [1.165, 1.54) is 0 Å². The molecule has 2 amide bonds. The van der Waals surface area contributed by atoms with E-state index in [4.69, 9.17) is 9.47 Å². The third-order valence-electron chi connectivity index (χ3n) is 4.52.